The Balaban J connectivity index is 1.24. The average Bonchev–Trinajstić information content (AvgIpc) is 3.14. The van der Waals surface area contributed by atoms with Crippen LogP contribution in [0.25, 0.3) is 11.3 Å². The van der Waals surface area contributed by atoms with Crippen LogP contribution in [0, 0.1) is 12.7 Å². The molecule has 174 valence electrons. The zero-order valence-electron chi connectivity index (χ0n) is 19.2. The second-order valence-electron chi connectivity index (χ2n) is 8.46. The summed E-state index contributed by atoms with van der Waals surface area (Å²) in [4.78, 5) is 17.2. The van der Waals surface area contributed by atoms with E-state index in [1.165, 1.54) is 0 Å². The number of nitrogens with zero attached hydrogens (tertiary/aromatic N) is 3. The van der Waals surface area contributed by atoms with Gasteiger partial charge in [0.05, 0.1) is 16.3 Å². The molecule has 1 aromatic heterocycles. The first-order valence-corrected chi connectivity index (χ1v) is 11.7. The molecule has 1 N–H and O–H groups in total. The predicted octanol–water partition coefficient (Wildman–Crippen LogP) is 4.74. The molecule has 1 aliphatic rings. The second kappa shape index (κ2) is 10.4. The summed E-state index contributed by atoms with van der Waals surface area (Å²) in [6.07, 6.45) is 0.870. The SMILES string of the molecule is Cc1c(C(=O)NCCCN2CCN(c3cccc(Cl)c3F)CC2)cc(-c2ccccc2)n1C. The molecule has 7 heteroatoms. The summed E-state index contributed by atoms with van der Waals surface area (Å²) in [5.74, 6) is -0.381. The Bertz CT molecular complexity index is 1110. The van der Waals surface area contributed by atoms with Gasteiger partial charge in [-0.3, -0.25) is 9.69 Å². The van der Waals surface area contributed by atoms with E-state index < -0.39 is 0 Å². The van der Waals surface area contributed by atoms with Crippen LogP contribution < -0.4 is 10.2 Å². The molecule has 1 fully saturated rings. The summed E-state index contributed by atoms with van der Waals surface area (Å²) in [6.45, 7) is 6.73. The summed E-state index contributed by atoms with van der Waals surface area (Å²) < 4.78 is 16.3. The molecular formula is C26H30ClFN4O. The molecule has 3 aromatic rings. The Morgan fingerprint density at radius 2 is 1.79 bits per heavy atom. The molecule has 2 heterocycles. The monoisotopic (exact) mass is 468 g/mol. The number of rotatable bonds is 7. The van der Waals surface area contributed by atoms with Gasteiger partial charge in [-0.05, 0) is 43.7 Å². The third-order valence-electron chi connectivity index (χ3n) is 6.43. The van der Waals surface area contributed by atoms with Gasteiger partial charge in [-0.25, -0.2) is 4.39 Å². The number of piperazine rings is 1. The third-order valence-corrected chi connectivity index (χ3v) is 6.72. The fourth-order valence-electron chi connectivity index (χ4n) is 4.36. The highest BCUT2D eigenvalue weighted by molar-refractivity contribution is 6.31. The van der Waals surface area contributed by atoms with Crippen molar-refractivity contribution in [3.8, 4) is 11.3 Å². The van der Waals surface area contributed by atoms with Gasteiger partial charge in [-0.1, -0.05) is 48.0 Å². The van der Waals surface area contributed by atoms with Crippen molar-refractivity contribution in [3.63, 3.8) is 0 Å². The Morgan fingerprint density at radius 1 is 1.06 bits per heavy atom. The number of halogens is 2. The van der Waals surface area contributed by atoms with Crippen molar-refractivity contribution in [2.45, 2.75) is 13.3 Å². The van der Waals surface area contributed by atoms with Gasteiger partial charge < -0.3 is 14.8 Å². The van der Waals surface area contributed by atoms with E-state index in [1.807, 2.05) is 43.1 Å². The van der Waals surface area contributed by atoms with Crippen LogP contribution in [0.1, 0.15) is 22.5 Å². The van der Waals surface area contributed by atoms with Gasteiger partial charge >= 0.3 is 0 Å². The van der Waals surface area contributed by atoms with Gasteiger partial charge in [0.1, 0.15) is 0 Å². The molecule has 0 spiro atoms. The second-order valence-corrected chi connectivity index (χ2v) is 8.87. The van der Waals surface area contributed by atoms with E-state index in [0.717, 1.165) is 56.1 Å². The summed E-state index contributed by atoms with van der Waals surface area (Å²) in [6, 6.07) is 17.2. The minimum atomic E-state index is -0.345. The third kappa shape index (κ3) is 5.23. The highest BCUT2D eigenvalue weighted by atomic mass is 35.5. The van der Waals surface area contributed by atoms with E-state index in [9.17, 15) is 9.18 Å². The summed E-state index contributed by atoms with van der Waals surface area (Å²) >= 11 is 5.92. The minimum Gasteiger partial charge on any atom is -0.367 e. The topological polar surface area (TPSA) is 40.5 Å². The smallest absolute Gasteiger partial charge is 0.253 e. The van der Waals surface area contributed by atoms with Crippen LogP contribution in [0.5, 0.6) is 0 Å². The van der Waals surface area contributed by atoms with Crippen LogP contribution in [-0.2, 0) is 7.05 Å². The van der Waals surface area contributed by atoms with Crippen molar-refractivity contribution >= 4 is 23.2 Å². The number of benzene rings is 2. The number of carbonyl (C=O) groups is 1. The fourth-order valence-corrected chi connectivity index (χ4v) is 4.53. The molecule has 0 radical (unpaired) electrons. The largest absolute Gasteiger partial charge is 0.367 e. The molecule has 1 amide bonds. The van der Waals surface area contributed by atoms with E-state index in [2.05, 4.69) is 26.9 Å². The number of carbonyl (C=O) groups excluding carboxylic acids is 1. The number of hydrogen-bond donors (Lipinski definition) is 1. The van der Waals surface area contributed by atoms with Crippen molar-refractivity contribution < 1.29 is 9.18 Å². The van der Waals surface area contributed by atoms with E-state index >= 15 is 0 Å². The number of hydrogen-bond acceptors (Lipinski definition) is 3. The summed E-state index contributed by atoms with van der Waals surface area (Å²) in [7, 11) is 1.99. The minimum absolute atomic E-state index is 0.0356. The van der Waals surface area contributed by atoms with Crippen molar-refractivity contribution in [1.29, 1.82) is 0 Å². The molecule has 0 bridgehead atoms. The van der Waals surface area contributed by atoms with Crippen molar-refractivity contribution in [3.05, 3.63) is 76.7 Å². The van der Waals surface area contributed by atoms with Crippen molar-refractivity contribution in [2.24, 2.45) is 7.05 Å². The zero-order valence-corrected chi connectivity index (χ0v) is 19.9. The molecule has 5 nitrogen and oxygen atoms in total. The molecule has 1 saturated heterocycles. The van der Waals surface area contributed by atoms with Crippen LogP contribution in [0.2, 0.25) is 5.02 Å². The first kappa shape index (κ1) is 23.3. The van der Waals surface area contributed by atoms with Gasteiger partial charge in [0.2, 0.25) is 0 Å². The highest BCUT2D eigenvalue weighted by Crippen LogP contribution is 2.27. The Hall–Kier alpha value is -2.83. The lowest BCUT2D eigenvalue weighted by molar-refractivity contribution is 0.0951. The van der Waals surface area contributed by atoms with E-state index in [1.54, 1.807) is 18.2 Å². The van der Waals surface area contributed by atoms with Crippen LogP contribution >= 0.6 is 11.6 Å². The van der Waals surface area contributed by atoms with E-state index in [0.29, 0.717) is 17.8 Å². The zero-order chi connectivity index (χ0) is 23.4. The van der Waals surface area contributed by atoms with Gasteiger partial charge in [0, 0.05) is 51.2 Å². The van der Waals surface area contributed by atoms with Gasteiger partial charge in [-0.15, -0.1) is 0 Å². The van der Waals surface area contributed by atoms with Crippen molar-refractivity contribution in [1.82, 2.24) is 14.8 Å². The number of amides is 1. The molecule has 4 rings (SSSR count). The molecule has 0 atom stereocenters. The lowest BCUT2D eigenvalue weighted by atomic mass is 10.1. The van der Waals surface area contributed by atoms with Crippen LogP contribution in [0.3, 0.4) is 0 Å². The first-order valence-electron chi connectivity index (χ1n) is 11.4. The summed E-state index contributed by atoms with van der Waals surface area (Å²) in [5, 5.41) is 3.23. The quantitative estimate of drug-likeness (QED) is 0.509. The maximum absolute atomic E-state index is 14.3. The number of nitrogens with one attached hydrogen (secondary N) is 1. The maximum atomic E-state index is 14.3. The van der Waals surface area contributed by atoms with Crippen LogP contribution in [0.15, 0.2) is 54.6 Å². The van der Waals surface area contributed by atoms with Gasteiger partial charge in [0.25, 0.3) is 5.91 Å². The lowest BCUT2D eigenvalue weighted by Gasteiger charge is -2.36. The number of anilines is 1. The molecular weight excluding hydrogens is 439 g/mol. The molecule has 0 saturated carbocycles. The average molecular weight is 469 g/mol. The molecule has 0 aliphatic carbocycles. The molecule has 1 aliphatic heterocycles. The Kier molecular flexibility index (Phi) is 7.36. The van der Waals surface area contributed by atoms with Gasteiger partial charge in [0.15, 0.2) is 5.82 Å². The Morgan fingerprint density at radius 3 is 2.52 bits per heavy atom. The molecule has 0 unspecified atom stereocenters. The standard InChI is InChI=1S/C26H30ClFN4O/c1-19-21(18-24(30(19)2)20-8-4-3-5-9-20)26(33)29-12-7-13-31-14-16-32(17-15-31)23-11-6-10-22(27)25(23)28/h3-6,8-11,18H,7,12-17H2,1-2H3,(H,29,33). The van der Waals surface area contributed by atoms with Crippen LogP contribution in [-0.4, -0.2) is 54.6 Å². The van der Waals surface area contributed by atoms with Crippen molar-refractivity contribution in [2.75, 3.05) is 44.2 Å². The van der Waals surface area contributed by atoms with E-state index in [-0.39, 0.29) is 16.7 Å². The maximum Gasteiger partial charge on any atom is 0.253 e. The lowest BCUT2D eigenvalue weighted by Crippen LogP contribution is -2.47. The molecule has 2 aromatic carbocycles. The Labute approximate surface area is 199 Å². The van der Waals surface area contributed by atoms with Gasteiger partial charge in [-0.2, -0.15) is 0 Å². The number of aromatic nitrogens is 1. The predicted molar refractivity (Wildman–Crippen MR) is 133 cm³/mol. The first-order chi connectivity index (χ1) is 16.0. The normalized spacial score (nSPS) is 14.5. The van der Waals surface area contributed by atoms with E-state index in [4.69, 9.17) is 11.6 Å². The molecule has 33 heavy (non-hydrogen) atoms. The highest BCUT2D eigenvalue weighted by Gasteiger charge is 2.20. The van der Waals surface area contributed by atoms with Crippen LogP contribution in [0.4, 0.5) is 10.1 Å². The summed E-state index contributed by atoms with van der Waals surface area (Å²) in [5.41, 5.74) is 4.37. The fraction of sp³-hybridized carbons (Fsp3) is 0.346.